The molecule has 13 heavy (non-hydrogen) atoms. The van der Waals surface area contributed by atoms with Crippen LogP contribution >= 0.6 is 8.25 Å². The molecule has 0 aliphatic heterocycles. The van der Waals surface area contributed by atoms with Crippen LogP contribution in [0.15, 0.2) is 30.8 Å². The Kier molecular flexibility index (Phi) is 3.18. The van der Waals surface area contributed by atoms with E-state index in [2.05, 4.69) is 11.1 Å². The Balaban J connectivity index is 2.89. The van der Waals surface area contributed by atoms with E-state index in [1.807, 2.05) is 25.1 Å². The Hall–Kier alpha value is -1.18. The second-order valence-corrected chi connectivity index (χ2v) is 3.23. The lowest BCUT2D eigenvalue weighted by atomic mass is 10.1. The number of hydrogen-bond acceptors (Lipinski definition) is 2. The Bertz CT molecular complexity index is 346. The summed E-state index contributed by atoms with van der Waals surface area (Å²) >= 11 is 0. The van der Waals surface area contributed by atoms with Crippen LogP contribution in [0.1, 0.15) is 11.1 Å². The molecule has 0 spiro atoms. The first-order valence-electron chi connectivity index (χ1n) is 3.70. The minimum absolute atomic E-state index is 0.224. The van der Waals surface area contributed by atoms with Crippen LogP contribution in [0.5, 0.6) is 0 Å². The van der Waals surface area contributed by atoms with Gasteiger partial charge in [-0.25, -0.2) is 4.52 Å². The molecule has 0 aliphatic rings. The van der Waals surface area contributed by atoms with Gasteiger partial charge in [-0.05, 0) is 19.1 Å². The van der Waals surface area contributed by atoms with Gasteiger partial charge < -0.3 is 0 Å². The van der Waals surface area contributed by atoms with E-state index in [0.29, 0.717) is 0 Å². The van der Waals surface area contributed by atoms with E-state index in [-0.39, 0.29) is 5.76 Å². The fourth-order valence-corrected chi connectivity index (χ4v) is 1.32. The van der Waals surface area contributed by atoms with Crippen molar-refractivity contribution in [3.63, 3.8) is 0 Å². The molecule has 0 aromatic heterocycles. The molecular weight excluding hydrogens is 187 g/mol. The highest BCUT2D eigenvalue weighted by atomic mass is 31.1. The van der Waals surface area contributed by atoms with Gasteiger partial charge in [0.2, 0.25) is 0 Å². The molecule has 0 saturated carbocycles. The summed E-state index contributed by atoms with van der Waals surface area (Å²) in [4.78, 5) is 8.50. The van der Waals surface area contributed by atoms with Crippen LogP contribution in [0.25, 0.3) is 5.76 Å². The normalized spacial score (nSPS) is 10.8. The number of rotatable bonds is 3. The lowest BCUT2D eigenvalue weighted by Crippen LogP contribution is -1.87. The molecule has 0 aliphatic carbocycles. The molecule has 1 aromatic rings. The predicted octanol–water partition coefficient (Wildman–Crippen LogP) is 2.63. The molecule has 0 fully saturated rings. The fraction of sp³-hybridized carbons (Fsp3) is 0.111. The third-order valence-electron chi connectivity index (χ3n) is 1.63. The third kappa shape index (κ3) is 2.65. The van der Waals surface area contributed by atoms with Crippen LogP contribution in [-0.4, -0.2) is 4.89 Å². The van der Waals surface area contributed by atoms with E-state index in [0.717, 1.165) is 11.1 Å². The molecule has 0 radical (unpaired) electrons. The zero-order chi connectivity index (χ0) is 9.84. The van der Waals surface area contributed by atoms with E-state index >= 15 is 0 Å². The summed E-state index contributed by atoms with van der Waals surface area (Å²) in [6.45, 7) is 5.44. The van der Waals surface area contributed by atoms with Crippen molar-refractivity contribution in [2.45, 2.75) is 6.92 Å². The van der Waals surface area contributed by atoms with Gasteiger partial charge in [-0.3, -0.25) is 0 Å². The van der Waals surface area contributed by atoms with Crippen molar-refractivity contribution in [1.29, 1.82) is 0 Å². The molecule has 1 atom stereocenters. The largest absolute Gasteiger partial charge is 0.747 e. The first kappa shape index (κ1) is 9.90. The molecule has 68 valence electrons. The highest BCUT2D eigenvalue weighted by molar-refractivity contribution is 7.32. The average molecular weight is 197 g/mol. The summed E-state index contributed by atoms with van der Waals surface area (Å²) < 4.78 is 14.9. The molecule has 0 amide bonds. The molecule has 1 aromatic carbocycles. The second-order valence-electron chi connectivity index (χ2n) is 2.57. The quantitative estimate of drug-likeness (QED) is 0.598. The maximum absolute atomic E-state index is 10.4. The SMILES string of the molecule is C=C(O[P+](=O)O)c1ccccc1C. The van der Waals surface area contributed by atoms with Crippen LogP contribution in [0.4, 0.5) is 0 Å². The summed E-state index contributed by atoms with van der Waals surface area (Å²) in [6.07, 6.45) is 0. The van der Waals surface area contributed by atoms with E-state index in [1.165, 1.54) is 0 Å². The Morgan fingerprint density at radius 3 is 2.69 bits per heavy atom. The van der Waals surface area contributed by atoms with E-state index < -0.39 is 8.25 Å². The fourth-order valence-electron chi connectivity index (χ4n) is 1.03. The van der Waals surface area contributed by atoms with Gasteiger partial charge in [-0.2, -0.15) is 0 Å². The van der Waals surface area contributed by atoms with E-state index in [9.17, 15) is 4.57 Å². The molecule has 1 unspecified atom stereocenters. The van der Waals surface area contributed by atoms with Crippen LogP contribution in [-0.2, 0) is 9.09 Å². The Morgan fingerprint density at radius 1 is 1.54 bits per heavy atom. The van der Waals surface area contributed by atoms with Crippen molar-refractivity contribution in [1.82, 2.24) is 0 Å². The van der Waals surface area contributed by atoms with Crippen molar-refractivity contribution < 1.29 is 14.0 Å². The molecule has 4 heteroatoms. The van der Waals surface area contributed by atoms with Gasteiger partial charge >= 0.3 is 8.25 Å². The maximum atomic E-state index is 10.4. The molecule has 0 bridgehead atoms. The van der Waals surface area contributed by atoms with Gasteiger partial charge in [-0.1, -0.05) is 24.3 Å². The summed E-state index contributed by atoms with van der Waals surface area (Å²) in [5.74, 6) is 0.224. The molecule has 0 heterocycles. The zero-order valence-corrected chi connectivity index (χ0v) is 8.12. The first-order chi connectivity index (χ1) is 6.11. The Labute approximate surface area is 77.6 Å². The average Bonchev–Trinajstić information content (AvgIpc) is 2.03. The van der Waals surface area contributed by atoms with Crippen LogP contribution in [0, 0.1) is 6.92 Å². The van der Waals surface area contributed by atoms with Crippen LogP contribution in [0.2, 0.25) is 0 Å². The second kappa shape index (κ2) is 4.17. The summed E-state index contributed by atoms with van der Waals surface area (Å²) in [7, 11) is -2.63. The molecular formula is C9H10O3P+. The first-order valence-corrected chi connectivity index (χ1v) is 4.83. The number of benzene rings is 1. The summed E-state index contributed by atoms with van der Waals surface area (Å²) in [5.41, 5.74) is 1.71. The van der Waals surface area contributed by atoms with Crippen molar-refractivity contribution in [3.05, 3.63) is 42.0 Å². The van der Waals surface area contributed by atoms with E-state index in [4.69, 9.17) is 4.89 Å². The van der Waals surface area contributed by atoms with Gasteiger partial charge in [0.25, 0.3) is 0 Å². The zero-order valence-electron chi connectivity index (χ0n) is 7.23. The molecule has 1 N–H and O–H groups in total. The van der Waals surface area contributed by atoms with Gasteiger partial charge in [0, 0.05) is 10.1 Å². The number of aryl methyl sites for hydroxylation is 1. The smallest absolute Gasteiger partial charge is 0.229 e. The number of hydrogen-bond donors (Lipinski definition) is 1. The van der Waals surface area contributed by atoms with Gasteiger partial charge in [-0.15, -0.1) is 4.89 Å². The monoisotopic (exact) mass is 197 g/mol. The van der Waals surface area contributed by atoms with Crippen molar-refractivity contribution in [2.75, 3.05) is 0 Å². The minimum Gasteiger partial charge on any atom is -0.229 e. The summed E-state index contributed by atoms with van der Waals surface area (Å²) in [5, 5.41) is 0. The maximum Gasteiger partial charge on any atom is 0.747 e. The molecule has 3 nitrogen and oxygen atoms in total. The van der Waals surface area contributed by atoms with Crippen LogP contribution < -0.4 is 0 Å². The molecule has 0 saturated heterocycles. The lowest BCUT2D eigenvalue weighted by molar-refractivity contribution is 0.393. The Morgan fingerprint density at radius 2 is 2.15 bits per heavy atom. The predicted molar refractivity (Wildman–Crippen MR) is 51.1 cm³/mol. The lowest BCUT2D eigenvalue weighted by Gasteiger charge is -2.01. The van der Waals surface area contributed by atoms with Crippen molar-refractivity contribution >= 4 is 14.0 Å². The van der Waals surface area contributed by atoms with Crippen molar-refractivity contribution in [2.24, 2.45) is 0 Å². The third-order valence-corrected chi connectivity index (χ3v) is 2.01. The summed E-state index contributed by atoms with van der Waals surface area (Å²) in [6, 6.07) is 7.37. The standard InChI is InChI=1S/C9H9O3P/c1-7-5-3-4-6-9(7)8(2)12-13(10)11/h3-6H,2H2,1H3/p+1. The minimum atomic E-state index is -2.63. The topological polar surface area (TPSA) is 46.5 Å². The van der Waals surface area contributed by atoms with Gasteiger partial charge in [0.1, 0.15) is 0 Å². The van der Waals surface area contributed by atoms with Gasteiger partial charge in [0.15, 0.2) is 5.76 Å². The highest BCUT2D eigenvalue weighted by Gasteiger charge is 2.17. The highest BCUT2D eigenvalue weighted by Crippen LogP contribution is 2.27. The van der Waals surface area contributed by atoms with Crippen LogP contribution in [0.3, 0.4) is 0 Å². The van der Waals surface area contributed by atoms with Crippen molar-refractivity contribution in [3.8, 4) is 0 Å². The van der Waals surface area contributed by atoms with Gasteiger partial charge in [0.05, 0.1) is 0 Å². The molecule has 1 rings (SSSR count). The van der Waals surface area contributed by atoms with E-state index in [1.54, 1.807) is 6.07 Å².